The van der Waals surface area contributed by atoms with Gasteiger partial charge in [0.15, 0.2) is 0 Å². The van der Waals surface area contributed by atoms with Crippen molar-refractivity contribution in [2.24, 2.45) is 5.73 Å². The highest BCUT2D eigenvalue weighted by Crippen LogP contribution is 2.03. The Balaban J connectivity index is 2.64. The average molecular weight is 381 g/mol. The third-order valence-corrected chi connectivity index (χ3v) is 3.56. The third kappa shape index (κ3) is 8.19. The number of benzene rings is 1. The summed E-state index contributed by atoms with van der Waals surface area (Å²) in [6.07, 6.45) is -2.86. The molecule has 0 saturated carbocycles. The smallest absolute Gasteiger partial charge is 0.408 e. The molecule has 10 nitrogen and oxygen atoms in total. The van der Waals surface area contributed by atoms with Gasteiger partial charge in [0.2, 0.25) is 11.8 Å². The molecule has 0 aliphatic carbocycles. The molecule has 0 heterocycles. The summed E-state index contributed by atoms with van der Waals surface area (Å²) in [6, 6.07) is 6.15. The number of carbonyl (C=O) groups is 4. The third-order valence-electron chi connectivity index (χ3n) is 3.56. The fraction of sp³-hybridized carbons (Fsp3) is 0.412. The molecule has 1 aromatic carbocycles. The molecule has 0 bridgehead atoms. The molecule has 0 aromatic heterocycles. The lowest BCUT2D eigenvalue weighted by Gasteiger charge is -2.23. The summed E-state index contributed by atoms with van der Waals surface area (Å²) < 4.78 is 4.98. The number of carboxylic acids is 1. The number of amides is 3. The van der Waals surface area contributed by atoms with Gasteiger partial charge in [-0.1, -0.05) is 30.3 Å². The SMILES string of the molecule is C[C@@H](O)[C@H](NC(=O)OCc1ccccc1)C(=O)N[C@H](CCC(=O)O)C(N)=O. The van der Waals surface area contributed by atoms with E-state index in [1.807, 2.05) is 0 Å². The van der Waals surface area contributed by atoms with Crippen LogP contribution in [0.25, 0.3) is 0 Å². The lowest BCUT2D eigenvalue weighted by atomic mass is 10.1. The van der Waals surface area contributed by atoms with Crippen molar-refractivity contribution in [3.05, 3.63) is 35.9 Å². The van der Waals surface area contributed by atoms with Crippen molar-refractivity contribution in [1.82, 2.24) is 10.6 Å². The normalized spacial score (nSPS) is 13.7. The molecule has 0 radical (unpaired) electrons. The quantitative estimate of drug-likeness (QED) is 0.364. The summed E-state index contributed by atoms with van der Waals surface area (Å²) >= 11 is 0. The monoisotopic (exact) mass is 381 g/mol. The fourth-order valence-electron chi connectivity index (χ4n) is 2.11. The number of hydrogen-bond acceptors (Lipinski definition) is 6. The number of primary amides is 1. The van der Waals surface area contributed by atoms with Crippen LogP contribution in [0.3, 0.4) is 0 Å². The van der Waals surface area contributed by atoms with E-state index in [-0.39, 0.29) is 19.4 Å². The van der Waals surface area contributed by atoms with Gasteiger partial charge in [0.05, 0.1) is 6.10 Å². The minimum atomic E-state index is -1.42. The van der Waals surface area contributed by atoms with Gasteiger partial charge in [-0.15, -0.1) is 0 Å². The number of nitrogens with two attached hydrogens (primary N) is 1. The van der Waals surface area contributed by atoms with Crippen LogP contribution in [0.1, 0.15) is 25.3 Å². The van der Waals surface area contributed by atoms with Crippen molar-refractivity contribution in [3.8, 4) is 0 Å². The van der Waals surface area contributed by atoms with E-state index in [2.05, 4.69) is 10.6 Å². The molecule has 3 atom stereocenters. The van der Waals surface area contributed by atoms with Crippen LogP contribution >= 0.6 is 0 Å². The zero-order valence-electron chi connectivity index (χ0n) is 14.8. The molecule has 0 aliphatic heterocycles. The second kappa shape index (κ2) is 10.8. The highest BCUT2D eigenvalue weighted by molar-refractivity contribution is 5.91. The van der Waals surface area contributed by atoms with Crippen LogP contribution in [-0.4, -0.2) is 52.3 Å². The summed E-state index contributed by atoms with van der Waals surface area (Å²) in [7, 11) is 0. The van der Waals surface area contributed by atoms with Crippen LogP contribution in [0.5, 0.6) is 0 Å². The van der Waals surface area contributed by atoms with Crippen molar-refractivity contribution in [2.75, 3.05) is 0 Å². The first kappa shape index (κ1) is 21.9. The average Bonchev–Trinajstić information content (AvgIpc) is 2.61. The zero-order chi connectivity index (χ0) is 20.4. The Morgan fingerprint density at radius 1 is 1.15 bits per heavy atom. The maximum Gasteiger partial charge on any atom is 0.408 e. The van der Waals surface area contributed by atoms with Crippen molar-refractivity contribution in [2.45, 2.75) is 44.6 Å². The minimum absolute atomic E-state index is 0.0383. The lowest BCUT2D eigenvalue weighted by Crippen LogP contribution is -2.56. The molecular formula is C17H23N3O7. The molecule has 3 amide bonds. The zero-order valence-corrected chi connectivity index (χ0v) is 14.8. The summed E-state index contributed by atoms with van der Waals surface area (Å²) in [6.45, 7) is 1.22. The van der Waals surface area contributed by atoms with Gasteiger partial charge in [-0.05, 0) is 18.9 Å². The Bertz CT molecular complexity index is 664. The molecule has 0 fully saturated rings. The Morgan fingerprint density at radius 3 is 2.30 bits per heavy atom. The van der Waals surface area contributed by atoms with E-state index >= 15 is 0 Å². The van der Waals surface area contributed by atoms with Crippen molar-refractivity contribution >= 4 is 23.9 Å². The van der Waals surface area contributed by atoms with Gasteiger partial charge in [0.1, 0.15) is 18.7 Å². The molecule has 6 N–H and O–H groups in total. The van der Waals surface area contributed by atoms with Gasteiger partial charge in [0.25, 0.3) is 0 Å². The molecule has 0 aliphatic rings. The van der Waals surface area contributed by atoms with Crippen LogP contribution in [0, 0.1) is 0 Å². The molecule has 148 valence electrons. The van der Waals surface area contributed by atoms with Crippen molar-refractivity contribution in [1.29, 1.82) is 0 Å². The number of nitrogens with one attached hydrogen (secondary N) is 2. The molecule has 0 spiro atoms. The number of alkyl carbamates (subject to hydrolysis) is 1. The Kier molecular flexibility index (Phi) is 8.73. The maximum absolute atomic E-state index is 12.3. The molecule has 0 saturated heterocycles. The number of rotatable bonds is 10. The number of aliphatic hydroxyl groups excluding tert-OH is 1. The maximum atomic E-state index is 12.3. The van der Waals surface area contributed by atoms with Crippen LogP contribution in [-0.2, 0) is 25.7 Å². The van der Waals surface area contributed by atoms with E-state index < -0.39 is 42.1 Å². The first-order valence-electron chi connectivity index (χ1n) is 8.17. The second-order valence-electron chi connectivity index (χ2n) is 5.82. The second-order valence-corrected chi connectivity index (χ2v) is 5.82. The van der Waals surface area contributed by atoms with Gasteiger partial charge >= 0.3 is 12.1 Å². The van der Waals surface area contributed by atoms with Crippen LogP contribution < -0.4 is 16.4 Å². The van der Waals surface area contributed by atoms with E-state index in [1.54, 1.807) is 30.3 Å². The summed E-state index contributed by atoms with van der Waals surface area (Å²) in [4.78, 5) is 46.1. The molecule has 1 rings (SSSR count). The Hall–Kier alpha value is -3.14. The van der Waals surface area contributed by atoms with E-state index in [1.165, 1.54) is 6.92 Å². The van der Waals surface area contributed by atoms with Crippen LogP contribution in [0.2, 0.25) is 0 Å². The first-order chi connectivity index (χ1) is 12.7. The topological polar surface area (TPSA) is 168 Å². The predicted molar refractivity (Wildman–Crippen MR) is 93.2 cm³/mol. The number of aliphatic carboxylic acids is 1. The number of hydrogen-bond donors (Lipinski definition) is 5. The molecule has 10 heteroatoms. The van der Waals surface area contributed by atoms with Gasteiger partial charge in [0, 0.05) is 6.42 Å². The summed E-state index contributed by atoms with van der Waals surface area (Å²) in [5.41, 5.74) is 5.87. The van der Waals surface area contributed by atoms with Crippen LogP contribution in [0.15, 0.2) is 30.3 Å². The molecule has 1 aromatic rings. The minimum Gasteiger partial charge on any atom is -0.481 e. The van der Waals surface area contributed by atoms with Gasteiger partial charge in [-0.2, -0.15) is 0 Å². The number of aliphatic hydroxyl groups is 1. The van der Waals surface area contributed by atoms with Crippen molar-refractivity contribution < 1.29 is 34.1 Å². The van der Waals surface area contributed by atoms with E-state index in [4.69, 9.17) is 15.6 Å². The van der Waals surface area contributed by atoms with E-state index in [0.29, 0.717) is 0 Å². The summed E-state index contributed by atoms with van der Waals surface area (Å²) in [5, 5.41) is 22.8. The lowest BCUT2D eigenvalue weighted by molar-refractivity contribution is -0.138. The Labute approximate surface area is 155 Å². The highest BCUT2D eigenvalue weighted by atomic mass is 16.5. The predicted octanol–water partition coefficient (Wildman–Crippen LogP) is -0.503. The number of carbonyl (C=O) groups excluding carboxylic acids is 3. The number of carboxylic acid groups (broad SMARTS) is 1. The van der Waals surface area contributed by atoms with Gasteiger partial charge in [-0.25, -0.2) is 4.79 Å². The summed E-state index contributed by atoms with van der Waals surface area (Å²) in [5.74, 6) is -2.98. The molecule has 27 heavy (non-hydrogen) atoms. The molecule has 0 unspecified atom stereocenters. The van der Waals surface area contributed by atoms with Gasteiger partial charge in [-0.3, -0.25) is 14.4 Å². The first-order valence-corrected chi connectivity index (χ1v) is 8.17. The number of ether oxygens (including phenoxy) is 1. The fourth-order valence-corrected chi connectivity index (χ4v) is 2.11. The van der Waals surface area contributed by atoms with Crippen molar-refractivity contribution in [3.63, 3.8) is 0 Å². The highest BCUT2D eigenvalue weighted by Gasteiger charge is 2.29. The standard InChI is InChI=1S/C17H23N3O7/c1-10(21)14(16(25)19-12(15(18)24)7-8-13(22)23)20-17(26)27-9-11-5-3-2-4-6-11/h2-6,10,12,14,21H,7-9H2,1H3,(H2,18,24)(H,19,25)(H,20,26)(H,22,23)/t10-,12-,14+/m1/s1. The van der Waals surface area contributed by atoms with E-state index in [9.17, 15) is 24.3 Å². The van der Waals surface area contributed by atoms with Crippen LogP contribution in [0.4, 0.5) is 4.79 Å². The van der Waals surface area contributed by atoms with Gasteiger partial charge < -0.3 is 31.3 Å². The molecular weight excluding hydrogens is 358 g/mol. The van der Waals surface area contributed by atoms with E-state index in [0.717, 1.165) is 5.56 Å². The Morgan fingerprint density at radius 2 is 1.78 bits per heavy atom. The largest absolute Gasteiger partial charge is 0.481 e.